The molecule has 0 atom stereocenters. The van der Waals surface area contributed by atoms with Crippen LogP contribution in [0.1, 0.15) is 20.8 Å². The fourth-order valence-electron chi connectivity index (χ4n) is 2.39. The maximum Gasteiger partial charge on any atom is 0.412 e. The van der Waals surface area contributed by atoms with E-state index in [1.165, 1.54) is 0 Å². The largest absolute Gasteiger partial charge is 0.444 e. The zero-order valence-corrected chi connectivity index (χ0v) is 13.7. The van der Waals surface area contributed by atoms with E-state index in [1.807, 2.05) is 69.0 Å². The topological polar surface area (TPSA) is 61.1 Å². The van der Waals surface area contributed by atoms with Gasteiger partial charge >= 0.3 is 6.09 Å². The van der Waals surface area contributed by atoms with Crippen molar-refractivity contribution in [3.05, 3.63) is 42.9 Å². The van der Waals surface area contributed by atoms with Crippen molar-refractivity contribution in [1.29, 1.82) is 0 Å². The average molecular weight is 312 g/mol. The molecule has 1 amide bonds. The Balaban J connectivity index is 1.90. The Morgan fingerprint density at radius 3 is 2.70 bits per heavy atom. The highest BCUT2D eigenvalue weighted by Crippen LogP contribution is 2.24. The summed E-state index contributed by atoms with van der Waals surface area (Å²) in [5.74, 6) is 0. The zero-order valence-electron chi connectivity index (χ0n) is 13.7. The summed E-state index contributed by atoms with van der Waals surface area (Å²) in [5.41, 5.74) is 2.13. The molecule has 0 aliphatic carbocycles. The minimum Gasteiger partial charge on any atom is -0.444 e. The van der Waals surface area contributed by atoms with Gasteiger partial charge in [-0.2, -0.15) is 5.10 Å². The smallest absolute Gasteiger partial charge is 0.412 e. The van der Waals surface area contributed by atoms with Crippen LogP contribution in [0.4, 0.5) is 10.5 Å². The van der Waals surface area contributed by atoms with Gasteiger partial charge in [0.2, 0.25) is 0 Å². The van der Waals surface area contributed by atoms with Crippen molar-refractivity contribution in [3.63, 3.8) is 0 Å². The number of rotatable bonds is 2. The molecule has 1 aromatic carbocycles. The van der Waals surface area contributed by atoms with Crippen molar-refractivity contribution >= 4 is 22.7 Å². The van der Waals surface area contributed by atoms with Gasteiger partial charge in [0.25, 0.3) is 0 Å². The van der Waals surface area contributed by atoms with E-state index in [4.69, 9.17) is 4.74 Å². The van der Waals surface area contributed by atoms with Crippen LogP contribution >= 0.6 is 0 Å². The van der Waals surface area contributed by atoms with Crippen LogP contribution in [-0.4, -0.2) is 26.0 Å². The number of hydrogen-bond acceptors (Lipinski definition) is 3. The number of nitrogens with one attached hydrogen (secondary N) is 1. The lowest BCUT2D eigenvalue weighted by Crippen LogP contribution is -2.27. The summed E-state index contributed by atoms with van der Waals surface area (Å²) in [7, 11) is 1.88. The predicted molar refractivity (Wildman–Crippen MR) is 89.9 cm³/mol. The average Bonchev–Trinajstić information content (AvgIpc) is 3.02. The van der Waals surface area contributed by atoms with Gasteiger partial charge in [-0.3, -0.25) is 10.00 Å². The molecular formula is C17H20N4O2. The van der Waals surface area contributed by atoms with E-state index in [0.717, 1.165) is 16.6 Å². The zero-order chi connectivity index (χ0) is 16.6. The Hall–Kier alpha value is -2.76. The number of ether oxygens (including phenoxy) is 1. The first-order chi connectivity index (χ1) is 10.8. The molecule has 0 radical (unpaired) electrons. The lowest BCUT2D eigenvalue weighted by Gasteiger charge is -2.19. The molecule has 2 aromatic heterocycles. The number of carbonyl (C=O) groups is 1. The molecule has 1 N–H and O–H groups in total. The molecule has 3 rings (SSSR count). The standard InChI is InChI=1S/C17H20N4O2/c1-17(2,3)23-16(22)19-13-6-5-12-7-8-21(15(12)9-13)14-10-18-20(4)11-14/h5-11H,1-4H3,(H,19,22). The Morgan fingerprint density at radius 2 is 2.04 bits per heavy atom. The van der Waals surface area contributed by atoms with Crippen LogP contribution in [0.5, 0.6) is 0 Å². The molecule has 0 aliphatic rings. The molecule has 23 heavy (non-hydrogen) atoms. The van der Waals surface area contributed by atoms with Crippen molar-refractivity contribution in [3.8, 4) is 5.69 Å². The first-order valence-corrected chi connectivity index (χ1v) is 7.42. The summed E-state index contributed by atoms with van der Waals surface area (Å²) in [6.45, 7) is 5.51. The number of amides is 1. The molecule has 0 saturated carbocycles. The SMILES string of the molecule is Cn1cc(-n2ccc3ccc(NC(=O)OC(C)(C)C)cc32)cn1. The molecular weight excluding hydrogens is 292 g/mol. The number of nitrogens with zero attached hydrogens (tertiary/aromatic N) is 3. The van der Waals surface area contributed by atoms with Gasteiger partial charge < -0.3 is 9.30 Å². The van der Waals surface area contributed by atoms with E-state index in [0.29, 0.717) is 5.69 Å². The van der Waals surface area contributed by atoms with Gasteiger partial charge in [0.1, 0.15) is 5.60 Å². The summed E-state index contributed by atoms with van der Waals surface area (Å²) in [6.07, 6.45) is 5.26. The second-order valence-electron chi connectivity index (χ2n) is 6.46. The molecule has 0 bridgehead atoms. The van der Waals surface area contributed by atoms with E-state index in [-0.39, 0.29) is 0 Å². The van der Waals surface area contributed by atoms with Gasteiger partial charge in [0.15, 0.2) is 0 Å². The van der Waals surface area contributed by atoms with Crippen LogP contribution in [-0.2, 0) is 11.8 Å². The van der Waals surface area contributed by atoms with Gasteiger partial charge in [0, 0.05) is 30.5 Å². The van der Waals surface area contributed by atoms with E-state index in [2.05, 4.69) is 10.4 Å². The number of carbonyl (C=O) groups excluding carboxylic acids is 1. The summed E-state index contributed by atoms with van der Waals surface area (Å²) in [4.78, 5) is 11.9. The third kappa shape index (κ3) is 3.36. The minimum atomic E-state index is -0.524. The van der Waals surface area contributed by atoms with E-state index in [1.54, 1.807) is 10.9 Å². The molecule has 0 fully saturated rings. The van der Waals surface area contributed by atoms with Crippen molar-refractivity contribution in [2.75, 3.05) is 5.32 Å². The number of aryl methyl sites for hydroxylation is 1. The maximum absolute atomic E-state index is 11.9. The first kappa shape index (κ1) is 15.1. The molecule has 6 nitrogen and oxygen atoms in total. The second-order valence-corrected chi connectivity index (χ2v) is 6.46. The Kier molecular flexibility index (Phi) is 3.60. The van der Waals surface area contributed by atoms with Gasteiger partial charge in [-0.05, 0) is 39.0 Å². The van der Waals surface area contributed by atoms with Gasteiger partial charge in [-0.1, -0.05) is 6.07 Å². The molecule has 0 unspecified atom stereocenters. The molecule has 2 heterocycles. The van der Waals surface area contributed by atoms with Gasteiger partial charge in [-0.15, -0.1) is 0 Å². The van der Waals surface area contributed by atoms with Gasteiger partial charge in [-0.25, -0.2) is 4.79 Å². The number of benzene rings is 1. The van der Waals surface area contributed by atoms with Crippen molar-refractivity contribution in [2.24, 2.45) is 7.05 Å². The van der Waals surface area contributed by atoms with E-state index >= 15 is 0 Å². The number of anilines is 1. The molecule has 120 valence electrons. The summed E-state index contributed by atoms with van der Waals surface area (Å²) in [6, 6.07) is 7.78. The van der Waals surface area contributed by atoms with Crippen LogP contribution in [0, 0.1) is 0 Å². The molecule has 0 saturated heterocycles. The predicted octanol–water partition coefficient (Wildman–Crippen LogP) is 3.71. The normalized spacial score (nSPS) is 11.7. The third-order valence-corrected chi connectivity index (χ3v) is 3.31. The summed E-state index contributed by atoms with van der Waals surface area (Å²) >= 11 is 0. The van der Waals surface area contributed by atoms with Crippen LogP contribution in [0.25, 0.3) is 16.6 Å². The Labute approximate surface area is 134 Å². The highest BCUT2D eigenvalue weighted by Gasteiger charge is 2.16. The van der Waals surface area contributed by atoms with Crippen LogP contribution in [0.2, 0.25) is 0 Å². The third-order valence-electron chi connectivity index (χ3n) is 3.31. The monoisotopic (exact) mass is 312 g/mol. The Morgan fingerprint density at radius 1 is 1.26 bits per heavy atom. The number of fused-ring (bicyclic) bond motifs is 1. The Bertz CT molecular complexity index is 855. The van der Waals surface area contributed by atoms with Crippen molar-refractivity contribution < 1.29 is 9.53 Å². The van der Waals surface area contributed by atoms with Crippen molar-refractivity contribution in [1.82, 2.24) is 14.3 Å². The fraction of sp³-hybridized carbons (Fsp3) is 0.294. The molecule has 0 spiro atoms. The van der Waals surface area contributed by atoms with E-state index < -0.39 is 11.7 Å². The summed E-state index contributed by atoms with van der Waals surface area (Å²) < 4.78 is 9.07. The summed E-state index contributed by atoms with van der Waals surface area (Å²) in [5, 5.41) is 8.05. The first-order valence-electron chi connectivity index (χ1n) is 7.42. The highest BCUT2D eigenvalue weighted by atomic mass is 16.6. The van der Waals surface area contributed by atoms with Crippen LogP contribution < -0.4 is 5.32 Å². The molecule has 3 aromatic rings. The lowest BCUT2D eigenvalue weighted by atomic mass is 10.2. The van der Waals surface area contributed by atoms with Crippen LogP contribution in [0.15, 0.2) is 42.9 Å². The number of hydrogen-bond donors (Lipinski definition) is 1. The van der Waals surface area contributed by atoms with Crippen LogP contribution in [0.3, 0.4) is 0 Å². The molecule has 0 aliphatic heterocycles. The lowest BCUT2D eigenvalue weighted by molar-refractivity contribution is 0.0636. The maximum atomic E-state index is 11.9. The molecule has 6 heteroatoms. The second kappa shape index (κ2) is 5.46. The van der Waals surface area contributed by atoms with Crippen molar-refractivity contribution in [2.45, 2.75) is 26.4 Å². The number of aromatic nitrogens is 3. The van der Waals surface area contributed by atoms with Gasteiger partial charge in [0.05, 0.1) is 17.4 Å². The van der Waals surface area contributed by atoms with E-state index in [9.17, 15) is 4.79 Å². The quantitative estimate of drug-likeness (QED) is 0.784. The minimum absolute atomic E-state index is 0.462. The fourth-order valence-corrected chi connectivity index (χ4v) is 2.39. The highest BCUT2D eigenvalue weighted by molar-refractivity contribution is 5.91.